The molecule has 0 saturated heterocycles. The highest BCUT2D eigenvalue weighted by Crippen LogP contribution is 2.23. The Hall–Kier alpha value is -0.370. The molecule has 2 heteroatoms. The van der Waals surface area contributed by atoms with Crippen molar-refractivity contribution < 1.29 is 0 Å². The summed E-state index contributed by atoms with van der Waals surface area (Å²) in [6.45, 7) is 17.9. The van der Waals surface area contributed by atoms with E-state index in [9.17, 15) is 0 Å². The molecular formula is C14H31NS. The highest BCUT2D eigenvalue weighted by molar-refractivity contribution is 7.81. The second-order valence-corrected chi connectivity index (χ2v) is 4.37. The Morgan fingerprint density at radius 1 is 1.31 bits per heavy atom. The maximum atomic E-state index is 4.53. The third-order valence-electron chi connectivity index (χ3n) is 1.94. The van der Waals surface area contributed by atoms with Gasteiger partial charge in [-0.05, 0) is 26.0 Å². The summed E-state index contributed by atoms with van der Waals surface area (Å²) in [5.74, 6) is 0. The van der Waals surface area contributed by atoms with Crippen LogP contribution in [0.2, 0.25) is 0 Å². The molecule has 1 unspecified atom stereocenters. The van der Waals surface area contributed by atoms with Gasteiger partial charge in [0.05, 0.1) is 0 Å². The van der Waals surface area contributed by atoms with E-state index < -0.39 is 0 Å². The number of rotatable bonds is 5. The van der Waals surface area contributed by atoms with Gasteiger partial charge in [0.15, 0.2) is 0 Å². The standard InChI is InChI=1S/C10H19NS.2C2H6/c1-5-10(4,12)8-7-9(3)11-6-2;2*1-2/h6-7,11-12H,2,5,8H2,1,3-4H3;2*1-2H3/b9-7+;;. The van der Waals surface area contributed by atoms with Crippen molar-refractivity contribution in [2.75, 3.05) is 0 Å². The van der Waals surface area contributed by atoms with E-state index in [-0.39, 0.29) is 4.75 Å². The number of thiol groups is 1. The molecule has 1 nitrogen and oxygen atoms in total. The van der Waals surface area contributed by atoms with Crippen LogP contribution in [0.1, 0.15) is 61.3 Å². The summed E-state index contributed by atoms with van der Waals surface area (Å²) in [7, 11) is 0. The summed E-state index contributed by atoms with van der Waals surface area (Å²) in [6.07, 6.45) is 5.90. The maximum Gasteiger partial charge on any atom is 0.0134 e. The van der Waals surface area contributed by atoms with Crippen molar-refractivity contribution in [1.82, 2.24) is 5.32 Å². The third kappa shape index (κ3) is 16.1. The van der Waals surface area contributed by atoms with Gasteiger partial charge in [-0.25, -0.2) is 0 Å². The Kier molecular flexibility index (Phi) is 19.2. The lowest BCUT2D eigenvalue weighted by Gasteiger charge is -2.19. The summed E-state index contributed by atoms with van der Waals surface area (Å²) in [5, 5.41) is 3.03. The minimum Gasteiger partial charge on any atom is -0.366 e. The lowest BCUT2D eigenvalue weighted by atomic mass is 10.0. The smallest absolute Gasteiger partial charge is 0.0134 e. The lowest BCUT2D eigenvalue weighted by molar-refractivity contribution is 0.632. The Labute approximate surface area is 109 Å². The molecule has 0 aliphatic heterocycles. The van der Waals surface area contributed by atoms with E-state index in [1.807, 2.05) is 34.6 Å². The van der Waals surface area contributed by atoms with Crippen LogP contribution in [-0.2, 0) is 0 Å². The van der Waals surface area contributed by atoms with Crippen LogP contribution in [-0.4, -0.2) is 4.75 Å². The van der Waals surface area contributed by atoms with Gasteiger partial charge in [-0.3, -0.25) is 0 Å². The fourth-order valence-electron chi connectivity index (χ4n) is 0.737. The van der Waals surface area contributed by atoms with E-state index in [2.05, 4.69) is 44.4 Å². The Bertz CT molecular complexity index is 172. The topological polar surface area (TPSA) is 12.0 Å². The van der Waals surface area contributed by atoms with Gasteiger partial charge in [0.2, 0.25) is 0 Å². The van der Waals surface area contributed by atoms with E-state index in [4.69, 9.17) is 0 Å². The van der Waals surface area contributed by atoms with Gasteiger partial charge in [0, 0.05) is 10.4 Å². The highest BCUT2D eigenvalue weighted by Gasteiger charge is 2.13. The molecule has 0 aromatic carbocycles. The molecule has 0 spiro atoms. The molecule has 0 fully saturated rings. The second-order valence-electron chi connectivity index (χ2n) is 3.29. The third-order valence-corrected chi connectivity index (χ3v) is 2.44. The van der Waals surface area contributed by atoms with Gasteiger partial charge < -0.3 is 5.32 Å². The van der Waals surface area contributed by atoms with Crippen molar-refractivity contribution in [2.24, 2.45) is 0 Å². The van der Waals surface area contributed by atoms with Crippen LogP contribution in [0.3, 0.4) is 0 Å². The summed E-state index contributed by atoms with van der Waals surface area (Å²) >= 11 is 4.53. The van der Waals surface area contributed by atoms with E-state index in [0.717, 1.165) is 18.5 Å². The maximum absolute atomic E-state index is 4.53. The quantitative estimate of drug-likeness (QED) is 0.637. The lowest BCUT2D eigenvalue weighted by Crippen LogP contribution is -2.14. The zero-order valence-corrected chi connectivity index (χ0v) is 13.1. The minimum atomic E-state index is 0.115. The molecular weight excluding hydrogens is 214 g/mol. The van der Waals surface area contributed by atoms with Gasteiger partial charge in [-0.1, -0.05) is 54.2 Å². The van der Waals surface area contributed by atoms with E-state index in [1.54, 1.807) is 6.20 Å². The molecule has 98 valence electrons. The van der Waals surface area contributed by atoms with Crippen molar-refractivity contribution in [3.63, 3.8) is 0 Å². The molecule has 0 amide bonds. The first kappa shape index (κ1) is 21.0. The summed E-state index contributed by atoms with van der Waals surface area (Å²) in [6, 6.07) is 0. The summed E-state index contributed by atoms with van der Waals surface area (Å²) < 4.78 is 0.115. The minimum absolute atomic E-state index is 0.115. The van der Waals surface area contributed by atoms with Gasteiger partial charge in [0.25, 0.3) is 0 Å². The predicted octanol–water partition coefficient (Wildman–Crippen LogP) is 5.16. The first-order valence-electron chi connectivity index (χ1n) is 6.28. The van der Waals surface area contributed by atoms with Crippen molar-refractivity contribution in [2.45, 2.75) is 66.1 Å². The average Bonchev–Trinajstić information content (AvgIpc) is 2.32. The second kappa shape index (κ2) is 14.6. The molecule has 1 atom stereocenters. The van der Waals surface area contributed by atoms with Gasteiger partial charge >= 0.3 is 0 Å². The van der Waals surface area contributed by atoms with Crippen LogP contribution in [0.15, 0.2) is 24.6 Å². The molecule has 0 bridgehead atoms. The molecule has 0 radical (unpaired) electrons. The molecule has 0 heterocycles. The zero-order chi connectivity index (χ0) is 13.6. The Morgan fingerprint density at radius 3 is 2.06 bits per heavy atom. The van der Waals surface area contributed by atoms with E-state index in [0.29, 0.717) is 0 Å². The molecule has 1 N–H and O–H groups in total. The fourth-order valence-corrected chi connectivity index (χ4v) is 0.829. The van der Waals surface area contributed by atoms with E-state index in [1.165, 1.54) is 0 Å². The molecule has 16 heavy (non-hydrogen) atoms. The Balaban J connectivity index is -0.000000376. The number of allylic oxidation sites excluding steroid dienone is 2. The van der Waals surface area contributed by atoms with Crippen molar-refractivity contribution in [3.05, 3.63) is 24.6 Å². The van der Waals surface area contributed by atoms with E-state index >= 15 is 0 Å². The predicted molar refractivity (Wildman–Crippen MR) is 82.1 cm³/mol. The fraction of sp³-hybridized carbons (Fsp3) is 0.714. The first-order chi connectivity index (χ1) is 7.52. The van der Waals surface area contributed by atoms with Gasteiger partial charge in [-0.15, -0.1) is 0 Å². The molecule has 0 aliphatic carbocycles. The molecule has 0 saturated carbocycles. The van der Waals surface area contributed by atoms with Crippen molar-refractivity contribution in [3.8, 4) is 0 Å². The average molecular weight is 245 g/mol. The summed E-state index contributed by atoms with van der Waals surface area (Å²) in [4.78, 5) is 0. The molecule has 0 aliphatic rings. The van der Waals surface area contributed by atoms with Crippen LogP contribution in [0.4, 0.5) is 0 Å². The van der Waals surface area contributed by atoms with Crippen molar-refractivity contribution in [1.29, 1.82) is 0 Å². The largest absolute Gasteiger partial charge is 0.366 e. The van der Waals surface area contributed by atoms with Crippen molar-refractivity contribution >= 4 is 12.6 Å². The monoisotopic (exact) mass is 245 g/mol. The van der Waals surface area contributed by atoms with Crippen LogP contribution in [0.25, 0.3) is 0 Å². The van der Waals surface area contributed by atoms with Crippen LogP contribution < -0.4 is 5.32 Å². The first-order valence-corrected chi connectivity index (χ1v) is 6.73. The van der Waals surface area contributed by atoms with Gasteiger partial charge in [0.1, 0.15) is 0 Å². The highest BCUT2D eigenvalue weighted by atomic mass is 32.1. The molecule has 0 aromatic heterocycles. The van der Waals surface area contributed by atoms with Crippen LogP contribution >= 0.6 is 12.6 Å². The summed E-state index contributed by atoms with van der Waals surface area (Å²) in [5.41, 5.74) is 1.14. The number of nitrogens with one attached hydrogen (secondary N) is 1. The number of hydrogen-bond acceptors (Lipinski definition) is 2. The van der Waals surface area contributed by atoms with Crippen LogP contribution in [0.5, 0.6) is 0 Å². The molecule has 0 aromatic rings. The van der Waals surface area contributed by atoms with Crippen LogP contribution in [0, 0.1) is 0 Å². The SMILES string of the molecule is C=CN/C(C)=C/CC(C)(S)CC.CC.CC. The zero-order valence-electron chi connectivity index (χ0n) is 12.2. The normalized spacial score (nSPS) is 13.4. The molecule has 0 rings (SSSR count). The van der Waals surface area contributed by atoms with Gasteiger partial charge in [-0.2, -0.15) is 12.6 Å². The number of hydrogen-bond donors (Lipinski definition) is 2. The Morgan fingerprint density at radius 2 is 1.75 bits per heavy atom.